The Bertz CT molecular complexity index is 788. The fourth-order valence-corrected chi connectivity index (χ4v) is 5.22. The van der Waals surface area contributed by atoms with E-state index in [1.807, 2.05) is 54.6 Å². The molecular formula is C20H22NO3P. The first-order chi connectivity index (χ1) is 12.0. The van der Waals surface area contributed by atoms with Gasteiger partial charge in [0.05, 0.1) is 0 Å². The first-order valence-corrected chi connectivity index (χ1v) is 10.00. The maximum Gasteiger partial charge on any atom is 0.405 e. The number of ether oxygens (including phenoxy) is 1. The largest absolute Gasteiger partial charge is 0.437 e. The van der Waals surface area contributed by atoms with Gasteiger partial charge in [0.2, 0.25) is 0 Å². The van der Waals surface area contributed by atoms with E-state index >= 15 is 0 Å². The minimum Gasteiger partial charge on any atom is -0.437 e. The van der Waals surface area contributed by atoms with E-state index in [0.29, 0.717) is 23.2 Å². The van der Waals surface area contributed by atoms with E-state index < -0.39 is 19.3 Å². The summed E-state index contributed by atoms with van der Waals surface area (Å²) >= 11 is 0. The van der Waals surface area contributed by atoms with Gasteiger partial charge in [-0.2, -0.15) is 0 Å². The van der Waals surface area contributed by atoms with E-state index in [1.54, 1.807) is 12.2 Å². The van der Waals surface area contributed by atoms with Gasteiger partial charge in [0.15, 0.2) is 6.10 Å². The molecule has 0 aromatic heterocycles. The van der Waals surface area contributed by atoms with Gasteiger partial charge in [0.1, 0.15) is 7.14 Å². The Kier molecular flexibility index (Phi) is 6.37. The molecule has 1 atom stereocenters. The molecule has 1 unspecified atom stereocenters. The zero-order valence-electron chi connectivity index (χ0n) is 14.0. The minimum atomic E-state index is -2.80. The summed E-state index contributed by atoms with van der Waals surface area (Å²) in [5.41, 5.74) is 6.71. The highest BCUT2D eigenvalue weighted by atomic mass is 31.2. The van der Waals surface area contributed by atoms with Gasteiger partial charge in [0.25, 0.3) is 0 Å². The lowest BCUT2D eigenvalue weighted by atomic mass is 10.0. The molecule has 0 aliphatic rings. The summed E-state index contributed by atoms with van der Waals surface area (Å²) in [7, 11) is -2.80. The van der Waals surface area contributed by atoms with Gasteiger partial charge in [0, 0.05) is 23.2 Å². The lowest BCUT2D eigenvalue weighted by molar-refractivity contribution is 0.127. The minimum absolute atomic E-state index is 0.341. The summed E-state index contributed by atoms with van der Waals surface area (Å²) in [5, 5.41) is 0.657. The van der Waals surface area contributed by atoms with E-state index in [-0.39, 0.29) is 0 Å². The van der Waals surface area contributed by atoms with E-state index in [0.717, 1.165) is 5.56 Å². The Hall–Kier alpha value is -2.58. The standard InChI is InChI=1S/C20H22NO3P/c1-3-14-25(23,15-4-2)18-13-9-8-12-17(18)19(24-20(21)22)16-10-6-5-7-11-16/h3-13,19H,1-2,14-15H2,(H2,21,22). The average Bonchev–Trinajstić information content (AvgIpc) is 2.61. The van der Waals surface area contributed by atoms with Crippen LogP contribution < -0.4 is 11.0 Å². The summed E-state index contributed by atoms with van der Waals surface area (Å²) in [4.78, 5) is 11.5. The Balaban J connectivity index is 2.63. The van der Waals surface area contributed by atoms with Crippen molar-refractivity contribution in [2.45, 2.75) is 6.10 Å². The van der Waals surface area contributed by atoms with Crippen molar-refractivity contribution in [1.82, 2.24) is 0 Å². The van der Waals surface area contributed by atoms with Gasteiger partial charge in [-0.25, -0.2) is 4.79 Å². The topological polar surface area (TPSA) is 69.4 Å². The van der Waals surface area contributed by atoms with Crippen molar-refractivity contribution < 1.29 is 14.1 Å². The van der Waals surface area contributed by atoms with Crippen molar-refractivity contribution in [2.75, 3.05) is 12.3 Å². The third-order valence-electron chi connectivity index (χ3n) is 3.84. The van der Waals surface area contributed by atoms with E-state index in [9.17, 15) is 9.36 Å². The summed E-state index contributed by atoms with van der Waals surface area (Å²) in [5.74, 6) is 0. The van der Waals surface area contributed by atoms with Gasteiger partial charge >= 0.3 is 6.09 Å². The number of allylic oxidation sites excluding steroid dienone is 2. The monoisotopic (exact) mass is 355 g/mol. The average molecular weight is 355 g/mol. The highest BCUT2D eigenvalue weighted by Crippen LogP contribution is 2.47. The number of amides is 1. The number of primary amides is 1. The van der Waals surface area contributed by atoms with Crippen LogP contribution in [0.5, 0.6) is 0 Å². The lowest BCUT2D eigenvalue weighted by Gasteiger charge is -2.24. The summed E-state index contributed by atoms with van der Waals surface area (Å²) in [6, 6.07) is 16.5. The Morgan fingerprint density at radius 2 is 1.60 bits per heavy atom. The van der Waals surface area contributed by atoms with Crippen LogP contribution >= 0.6 is 7.14 Å². The Morgan fingerprint density at radius 3 is 2.16 bits per heavy atom. The molecule has 130 valence electrons. The number of carbonyl (C=O) groups is 1. The molecule has 0 saturated carbocycles. The van der Waals surface area contributed by atoms with Crippen LogP contribution in [0, 0.1) is 0 Å². The molecule has 1 amide bonds. The number of hydrogen-bond acceptors (Lipinski definition) is 3. The van der Waals surface area contributed by atoms with Crippen molar-refractivity contribution in [1.29, 1.82) is 0 Å². The van der Waals surface area contributed by atoms with Crippen molar-refractivity contribution in [2.24, 2.45) is 5.73 Å². The molecule has 2 N–H and O–H groups in total. The third-order valence-corrected chi connectivity index (χ3v) is 6.82. The van der Waals surface area contributed by atoms with Crippen LogP contribution in [0.1, 0.15) is 17.2 Å². The summed E-state index contributed by atoms with van der Waals surface area (Å²) in [6.45, 7) is 7.45. The van der Waals surface area contributed by atoms with Crippen molar-refractivity contribution in [3.05, 3.63) is 91.0 Å². The zero-order valence-corrected chi connectivity index (χ0v) is 14.9. The molecule has 0 aliphatic carbocycles. The van der Waals surface area contributed by atoms with E-state index in [4.69, 9.17) is 10.5 Å². The molecule has 2 aromatic rings. The van der Waals surface area contributed by atoms with Crippen LogP contribution in [-0.2, 0) is 9.30 Å². The molecule has 2 aromatic carbocycles. The van der Waals surface area contributed by atoms with E-state index in [1.165, 1.54) is 0 Å². The van der Waals surface area contributed by atoms with Gasteiger partial charge in [-0.15, -0.1) is 13.2 Å². The molecule has 0 heterocycles. The predicted octanol–water partition coefficient (Wildman–Crippen LogP) is 4.23. The molecule has 0 saturated heterocycles. The molecule has 4 nitrogen and oxygen atoms in total. The summed E-state index contributed by atoms with van der Waals surface area (Å²) < 4.78 is 18.9. The second kappa shape index (κ2) is 8.50. The lowest BCUT2D eigenvalue weighted by Crippen LogP contribution is -2.24. The van der Waals surface area contributed by atoms with Crippen molar-refractivity contribution in [3.63, 3.8) is 0 Å². The van der Waals surface area contributed by atoms with Gasteiger partial charge in [-0.1, -0.05) is 66.7 Å². The smallest absolute Gasteiger partial charge is 0.405 e. The number of carbonyl (C=O) groups excluding carboxylic acids is 1. The molecular weight excluding hydrogens is 333 g/mol. The quantitative estimate of drug-likeness (QED) is 0.569. The Labute approximate surface area is 148 Å². The molecule has 0 aliphatic heterocycles. The normalized spacial score (nSPS) is 12.2. The van der Waals surface area contributed by atoms with Crippen LogP contribution in [0.3, 0.4) is 0 Å². The first kappa shape index (κ1) is 18.8. The molecule has 5 heteroatoms. The SMILES string of the molecule is C=CCP(=O)(CC=C)c1ccccc1C(OC(N)=O)c1ccccc1. The van der Waals surface area contributed by atoms with Crippen LogP contribution in [0.15, 0.2) is 79.9 Å². The molecule has 2 rings (SSSR count). The number of nitrogens with two attached hydrogens (primary N) is 1. The van der Waals surface area contributed by atoms with Gasteiger partial charge in [-0.3, -0.25) is 0 Å². The second-order valence-corrected chi connectivity index (χ2v) is 8.61. The predicted molar refractivity (Wildman–Crippen MR) is 103 cm³/mol. The molecule has 0 radical (unpaired) electrons. The van der Waals surface area contributed by atoms with Crippen LogP contribution in [-0.4, -0.2) is 18.4 Å². The molecule has 0 fully saturated rings. The number of rotatable bonds is 8. The van der Waals surface area contributed by atoms with Crippen molar-refractivity contribution >= 4 is 18.5 Å². The fraction of sp³-hybridized carbons (Fsp3) is 0.150. The number of benzene rings is 2. The second-order valence-electron chi connectivity index (χ2n) is 5.62. The zero-order chi connectivity index (χ0) is 18.3. The molecule has 25 heavy (non-hydrogen) atoms. The van der Waals surface area contributed by atoms with Crippen LogP contribution in [0.25, 0.3) is 0 Å². The van der Waals surface area contributed by atoms with Gasteiger partial charge in [-0.05, 0) is 5.56 Å². The van der Waals surface area contributed by atoms with Crippen LogP contribution in [0.2, 0.25) is 0 Å². The molecule has 0 bridgehead atoms. The molecule has 0 spiro atoms. The first-order valence-electron chi connectivity index (χ1n) is 7.92. The fourth-order valence-electron chi connectivity index (χ4n) is 2.82. The third kappa shape index (κ3) is 4.49. The van der Waals surface area contributed by atoms with E-state index in [2.05, 4.69) is 13.2 Å². The highest BCUT2D eigenvalue weighted by molar-refractivity contribution is 7.72. The van der Waals surface area contributed by atoms with Gasteiger partial charge < -0.3 is 15.0 Å². The Morgan fingerprint density at radius 1 is 1.04 bits per heavy atom. The van der Waals surface area contributed by atoms with Crippen LogP contribution in [0.4, 0.5) is 4.79 Å². The van der Waals surface area contributed by atoms with Crippen molar-refractivity contribution in [3.8, 4) is 0 Å². The maximum atomic E-state index is 13.5. The number of hydrogen-bond donors (Lipinski definition) is 1. The highest BCUT2D eigenvalue weighted by Gasteiger charge is 2.29. The maximum absolute atomic E-state index is 13.5. The summed E-state index contributed by atoms with van der Waals surface area (Å²) in [6.07, 6.45) is 2.37.